The van der Waals surface area contributed by atoms with Gasteiger partial charge in [0.25, 0.3) is 0 Å². The number of nitrogens with zero attached hydrogens (tertiary/aromatic N) is 1. The Morgan fingerprint density at radius 3 is 2.81 bits per heavy atom. The Balaban J connectivity index is 2.03. The number of hydrogen-bond donors (Lipinski definition) is 1. The Kier molecular flexibility index (Phi) is 5.82. The van der Waals surface area contributed by atoms with E-state index in [0.717, 1.165) is 35.4 Å². The van der Waals surface area contributed by atoms with Crippen LogP contribution in [0.25, 0.3) is 6.08 Å². The number of carboxylic acids is 1. The lowest BCUT2D eigenvalue weighted by atomic mass is 10.1. The number of carboxylic acid groups (broad SMARTS) is 1. The lowest BCUT2D eigenvalue weighted by Gasteiger charge is -2.16. The van der Waals surface area contributed by atoms with Gasteiger partial charge in [-0.2, -0.15) is 0 Å². The Morgan fingerprint density at radius 1 is 1.43 bits per heavy atom. The first kappa shape index (κ1) is 16.0. The molecule has 5 heteroatoms. The molecule has 1 heterocycles. The van der Waals surface area contributed by atoms with Gasteiger partial charge in [0, 0.05) is 22.2 Å². The number of likely N-dealkylation sites (tertiary alicyclic amines) is 1. The molecule has 0 aromatic heterocycles. The summed E-state index contributed by atoms with van der Waals surface area (Å²) in [6.45, 7) is 5.41. The van der Waals surface area contributed by atoms with E-state index < -0.39 is 5.97 Å². The molecular formula is C16H20BrNO3. The van der Waals surface area contributed by atoms with E-state index in [4.69, 9.17) is 9.84 Å². The Bertz CT molecular complexity index is 536. The molecule has 2 rings (SSSR count). The molecule has 1 N–H and O–H groups in total. The van der Waals surface area contributed by atoms with Crippen molar-refractivity contribution in [3.63, 3.8) is 0 Å². The highest BCUT2D eigenvalue weighted by atomic mass is 79.9. The monoisotopic (exact) mass is 353 g/mol. The van der Waals surface area contributed by atoms with Gasteiger partial charge in [0.15, 0.2) is 0 Å². The summed E-state index contributed by atoms with van der Waals surface area (Å²) in [5.41, 5.74) is 1.07. The fourth-order valence-electron chi connectivity index (χ4n) is 2.35. The second-order valence-electron chi connectivity index (χ2n) is 5.21. The summed E-state index contributed by atoms with van der Waals surface area (Å²) in [4.78, 5) is 13.3. The van der Waals surface area contributed by atoms with E-state index in [1.54, 1.807) is 13.0 Å². The standard InChI is InChI=1S/C16H20BrNO3/c1-12(16(19)20)10-13-11-14(17)4-5-15(13)21-9-8-18-6-2-3-7-18/h4-5,10-11H,2-3,6-9H2,1H3,(H,19,20)/b12-10+. The van der Waals surface area contributed by atoms with E-state index in [1.807, 2.05) is 18.2 Å². The summed E-state index contributed by atoms with van der Waals surface area (Å²) in [5.74, 6) is -0.198. The van der Waals surface area contributed by atoms with Gasteiger partial charge in [-0.3, -0.25) is 4.90 Å². The average molecular weight is 354 g/mol. The third kappa shape index (κ3) is 4.86. The third-order valence-corrected chi connectivity index (χ3v) is 4.04. The molecule has 0 unspecified atom stereocenters. The lowest BCUT2D eigenvalue weighted by Crippen LogP contribution is -2.25. The maximum atomic E-state index is 11.0. The molecule has 1 aliphatic heterocycles. The van der Waals surface area contributed by atoms with Gasteiger partial charge < -0.3 is 9.84 Å². The van der Waals surface area contributed by atoms with E-state index >= 15 is 0 Å². The van der Waals surface area contributed by atoms with Gasteiger partial charge >= 0.3 is 5.97 Å². The van der Waals surface area contributed by atoms with Gasteiger partial charge in [0.1, 0.15) is 12.4 Å². The van der Waals surface area contributed by atoms with Crippen molar-refractivity contribution in [1.29, 1.82) is 0 Å². The molecule has 1 aromatic rings. The van der Waals surface area contributed by atoms with Crippen molar-refractivity contribution in [2.75, 3.05) is 26.2 Å². The van der Waals surface area contributed by atoms with Gasteiger partial charge in [-0.05, 0) is 57.1 Å². The summed E-state index contributed by atoms with van der Waals surface area (Å²) in [7, 11) is 0. The zero-order valence-corrected chi connectivity index (χ0v) is 13.7. The van der Waals surface area contributed by atoms with E-state index in [2.05, 4.69) is 20.8 Å². The van der Waals surface area contributed by atoms with Crippen molar-refractivity contribution in [3.8, 4) is 5.75 Å². The first-order valence-corrected chi connectivity index (χ1v) is 7.92. The van der Waals surface area contributed by atoms with E-state index in [0.29, 0.717) is 6.61 Å². The second-order valence-corrected chi connectivity index (χ2v) is 6.13. The smallest absolute Gasteiger partial charge is 0.331 e. The van der Waals surface area contributed by atoms with Gasteiger partial charge in [-0.1, -0.05) is 15.9 Å². The number of hydrogen-bond acceptors (Lipinski definition) is 3. The fourth-order valence-corrected chi connectivity index (χ4v) is 2.73. The maximum absolute atomic E-state index is 11.0. The summed E-state index contributed by atoms with van der Waals surface area (Å²) in [5, 5.41) is 9.00. The van der Waals surface area contributed by atoms with Crippen molar-refractivity contribution in [2.45, 2.75) is 19.8 Å². The molecule has 0 radical (unpaired) electrons. The fraction of sp³-hybridized carbons (Fsp3) is 0.438. The number of rotatable bonds is 6. The molecule has 0 amide bonds. The van der Waals surface area contributed by atoms with Gasteiger partial charge in [-0.15, -0.1) is 0 Å². The minimum Gasteiger partial charge on any atom is -0.492 e. The molecule has 0 spiro atoms. The van der Waals surface area contributed by atoms with Crippen LogP contribution in [0.5, 0.6) is 5.75 Å². The van der Waals surface area contributed by atoms with Crippen LogP contribution in [0.3, 0.4) is 0 Å². The minimum atomic E-state index is -0.919. The predicted octanol–water partition coefficient (Wildman–Crippen LogP) is 3.41. The molecule has 0 saturated carbocycles. The Hall–Kier alpha value is -1.33. The van der Waals surface area contributed by atoms with E-state index in [1.165, 1.54) is 12.8 Å². The normalized spacial score (nSPS) is 16.2. The van der Waals surface area contributed by atoms with Crippen molar-refractivity contribution in [1.82, 2.24) is 4.90 Å². The third-order valence-electron chi connectivity index (χ3n) is 3.54. The summed E-state index contributed by atoms with van der Waals surface area (Å²) in [6.07, 6.45) is 4.17. The minimum absolute atomic E-state index is 0.289. The van der Waals surface area contributed by atoms with Crippen molar-refractivity contribution in [2.24, 2.45) is 0 Å². The molecular weight excluding hydrogens is 334 g/mol. The Labute approximate surface area is 133 Å². The van der Waals surface area contributed by atoms with Crippen LogP contribution < -0.4 is 4.74 Å². The van der Waals surface area contributed by atoms with Crippen LogP contribution in [0.2, 0.25) is 0 Å². The van der Waals surface area contributed by atoms with E-state index in [-0.39, 0.29) is 5.57 Å². The molecule has 0 aliphatic carbocycles. The SMILES string of the molecule is C/C(=C\c1cc(Br)ccc1OCCN1CCCC1)C(=O)O. The summed E-state index contributed by atoms with van der Waals surface area (Å²) in [6, 6.07) is 5.64. The molecule has 1 saturated heterocycles. The van der Waals surface area contributed by atoms with Crippen molar-refractivity contribution >= 4 is 28.0 Å². The van der Waals surface area contributed by atoms with Crippen LogP contribution in [-0.2, 0) is 4.79 Å². The largest absolute Gasteiger partial charge is 0.492 e. The molecule has 1 aromatic carbocycles. The van der Waals surface area contributed by atoms with E-state index in [9.17, 15) is 4.79 Å². The molecule has 0 atom stereocenters. The highest BCUT2D eigenvalue weighted by Gasteiger charge is 2.11. The Morgan fingerprint density at radius 2 is 2.14 bits per heavy atom. The van der Waals surface area contributed by atoms with Gasteiger partial charge in [0.05, 0.1) is 0 Å². The van der Waals surface area contributed by atoms with Crippen LogP contribution >= 0.6 is 15.9 Å². The molecule has 4 nitrogen and oxygen atoms in total. The zero-order chi connectivity index (χ0) is 15.2. The van der Waals surface area contributed by atoms with Crippen molar-refractivity contribution < 1.29 is 14.6 Å². The maximum Gasteiger partial charge on any atom is 0.331 e. The first-order chi connectivity index (χ1) is 10.1. The number of aliphatic carboxylic acids is 1. The number of benzene rings is 1. The van der Waals surface area contributed by atoms with Crippen LogP contribution in [0.4, 0.5) is 0 Å². The van der Waals surface area contributed by atoms with Crippen LogP contribution in [-0.4, -0.2) is 42.2 Å². The molecule has 1 fully saturated rings. The first-order valence-electron chi connectivity index (χ1n) is 7.12. The summed E-state index contributed by atoms with van der Waals surface area (Å²) >= 11 is 3.40. The topological polar surface area (TPSA) is 49.8 Å². The molecule has 114 valence electrons. The number of carbonyl (C=O) groups is 1. The quantitative estimate of drug-likeness (QED) is 0.796. The molecule has 21 heavy (non-hydrogen) atoms. The average Bonchev–Trinajstić information content (AvgIpc) is 2.94. The molecule has 0 bridgehead atoms. The van der Waals surface area contributed by atoms with Crippen LogP contribution in [0.15, 0.2) is 28.2 Å². The zero-order valence-electron chi connectivity index (χ0n) is 12.1. The van der Waals surface area contributed by atoms with Gasteiger partial charge in [0.2, 0.25) is 0 Å². The highest BCUT2D eigenvalue weighted by molar-refractivity contribution is 9.10. The van der Waals surface area contributed by atoms with Crippen LogP contribution in [0, 0.1) is 0 Å². The molecule has 1 aliphatic rings. The number of ether oxygens (including phenoxy) is 1. The number of halogens is 1. The van der Waals surface area contributed by atoms with Crippen LogP contribution in [0.1, 0.15) is 25.3 Å². The van der Waals surface area contributed by atoms with Crippen molar-refractivity contribution in [3.05, 3.63) is 33.8 Å². The second kappa shape index (κ2) is 7.61. The highest BCUT2D eigenvalue weighted by Crippen LogP contribution is 2.25. The van der Waals surface area contributed by atoms with Gasteiger partial charge in [-0.25, -0.2) is 4.79 Å². The predicted molar refractivity (Wildman–Crippen MR) is 86.6 cm³/mol. The lowest BCUT2D eigenvalue weighted by molar-refractivity contribution is -0.132. The summed E-state index contributed by atoms with van der Waals surface area (Å²) < 4.78 is 6.74.